The van der Waals surface area contributed by atoms with Crippen molar-refractivity contribution < 1.29 is 9.36 Å². The average molecular weight is 460 g/mol. The van der Waals surface area contributed by atoms with Crippen molar-refractivity contribution in [3.63, 3.8) is 0 Å². The molecule has 2 heterocycles. The smallest absolute Gasteiger partial charge is 0.284 e. The first-order valence-electron chi connectivity index (χ1n) is 11.7. The number of nitrogens with zero attached hydrogens (tertiary/aromatic N) is 3. The predicted octanol–water partition coefficient (Wildman–Crippen LogP) is 5.96. The van der Waals surface area contributed by atoms with Gasteiger partial charge in [0.2, 0.25) is 0 Å². The summed E-state index contributed by atoms with van der Waals surface area (Å²) in [5, 5.41) is 0. The Labute approximate surface area is 196 Å². The highest BCUT2D eigenvalue weighted by Crippen LogP contribution is 2.70. The Balaban J connectivity index is 1.70. The lowest BCUT2D eigenvalue weighted by molar-refractivity contribution is -0.123. The topological polar surface area (TPSA) is 43.9 Å². The lowest BCUT2D eigenvalue weighted by Gasteiger charge is -2.46. The molecule has 2 fully saturated rings. The quantitative estimate of drug-likeness (QED) is 0.441. The van der Waals surface area contributed by atoms with Crippen LogP contribution in [0.2, 0.25) is 0 Å². The summed E-state index contributed by atoms with van der Waals surface area (Å²) in [6.45, 7) is 4.07. The van der Waals surface area contributed by atoms with Crippen LogP contribution in [0.3, 0.4) is 0 Å². The molecule has 0 aliphatic carbocycles. The molecule has 3 aromatic rings. The molecule has 5 rings (SSSR count). The van der Waals surface area contributed by atoms with Crippen LogP contribution in [0.25, 0.3) is 0 Å². The Bertz CT molecular complexity index is 1090. The lowest BCUT2D eigenvalue weighted by atomic mass is 10.0. The number of hydrogen-bond donors (Lipinski definition) is 0. The number of carbonyl (C=O) groups is 1. The van der Waals surface area contributed by atoms with Crippen LogP contribution >= 0.6 is 7.44 Å². The molecule has 0 amide bonds. The van der Waals surface area contributed by atoms with E-state index < -0.39 is 7.44 Å². The van der Waals surface area contributed by atoms with Gasteiger partial charge in [0.15, 0.2) is 0 Å². The molecule has 5 nitrogen and oxygen atoms in total. The second-order valence-electron chi connectivity index (χ2n) is 8.87. The van der Waals surface area contributed by atoms with E-state index >= 15 is 4.57 Å². The Morgan fingerprint density at radius 1 is 0.758 bits per heavy atom. The van der Waals surface area contributed by atoms with E-state index in [1.807, 2.05) is 78.9 Å². The summed E-state index contributed by atoms with van der Waals surface area (Å²) >= 11 is 0. The fourth-order valence-electron chi connectivity index (χ4n) is 5.25. The first-order valence-corrected chi connectivity index (χ1v) is 13.4. The summed E-state index contributed by atoms with van der Waals surface area (Å²) < 4.78 is 19.9. The molecule has 33 heavy (non-hydrogen) atoms. The van der Waals surface area contributed by atoms with Gasteiger partial charge in [-0.1, -0.05) is 66.7 Å². The van der Waals surface area contributed by atoms with Crippen molar-refractivity contribution in [2.75, 3.05) is 29.0 Å². The molecule has 6 heteroatoms. The zero-order valence-corrected chi connectivity index (χ0v) is 19.9. The summed E-state index contributed by atoms with van der Waals surface area (Å²) in [4.78, 5) is 14.5. The van der Waals surface area contributed by atoms with Crippen LogP contribution in [0.1, 0.15) is 31.1 Å². The van der Waals surface area contributed by atoms with Gasteiger partial charge in [0.1, 0.15) is 11.6 Å². The largest absolute Gasteiger partial charge is 0.304 e. The van der Waals surface area contributed by atoms with Crippen molar-refractivity contribution in [2.24, 2.45) is 0 Å². The molecular weight excluding hydrogens is 429 g/mol. The first kappa shape index (κ1) is 21.9. The highest BCUT2D eigenvalue weighted by Gasteiger charge is 2.53. The number of anilines is 2. The Kier molecular flexibility index (Phi) is 6.09. The molecule has 0 saturated carbocycles. The summed E-state index contributed by atoms with van der Waals surface area (Å²) in [6.07, 6.45) is 1.00. The number of ketones is 1. The third-order valence-corrected chi connectivity index (χ3v) is 10.3. The summed E-state index contributed by atoms with van der Waals surface area (Å²) in [5.41, 5.74) is 2.98. The highest BCUT2D eigenvalue weighted by molar-refractivity contribution is 7.67. The maximum absolute atomic E-state index is 15.6. The van der Waals surface area contributed by atoms with Crippen LogP contribution in [0.15, 0.2) is 91.0 Å². The molecule has 0 aromatic heterocycles. The Hall–Kier alpha value is -2.88. The molecule has 0 bridgehead atoms. The van der Waals surface area contributed by atoms with Crippen molar-refractivity contribution in [1.82, 2.24) is 4.90 Å². The van der Waals surface area contributed by atoms with Gasteiger partial charge in [-0.2, -0.15) is 0 Å². The van der Waals surface area contributed by atoms with Crippen molar-refractivity contribution in [3.05, 3.63) is 96.6 Å². The van der Waals surface area contributed by atoms with Crippen molar-refractivity contribution in [2.45, 2.75) is 31.6 Å². The summed E-state index contributed by atoms with van der Waals surface area (Å²) in [5.74, 6) is -0.0557. The maximum Gasteiger partial charge on any atom is 0.284 e. The van der Waals surface area contributed by atoms with Crippen LogP contribution in [-0.2, 0) is 9.36 Å². The molecule has 2 aliphatic rings. The number of rotatable bonds is 5. The van der Waals surface area contributed by atoms with Crippen molar-refractivity contribution in [1.29, 1.82) is 0 Å². The second kappa shape index (κ2) is 9.17. The molecule has 0 radical (unpaired) electrons. The molecule has 170 valence electrons. The van der Waals surface area contributed by atoms with E-state index in [2.05, 4.69) is 33.3 Å². The van der Waals surface area contributed by atoms with Gasteiger partial charge in [-0.25, -0.2) is 0 Å². The molecule has 0 N–H and O–H groups in total. The van der Waals surface area contributed by atoms with E-state index in [-0.39, 0.29) is 17.6 Å². The van der Waals surface area contributed by atoms with E-state index in [4.69, 9.17) is 0 Å². The molecular formula is C27H30N3O2P. The normalized spacial score (nSPS) is 21.8. The zero-order chi connectivity index (χ0) is 22.8. The van der Waals surface area contributed by atoms with Crippen LogP contribution < -0.4 is 9.34 Å². The van der Waals surface area contributed by atoms with E-state index in [1.54, 1.807) is 0 Å². The first-order chi connectivity index (χ1) is 16.1. The molecule has 2 aliphatic heterocycles. The van der Waals surface area contributed by atoms with E-state index in [1.165, 1.54) is 0 Å². The van der Waals surface area contributed by atoms with Gasteiger partial charge >= 0.3 is 0 Å². The fraction of sp³-hybridized carbons (Fsp3) is 0.296. The SMILES string of the molecule is CC1CC(=O)CCN1C(c1ccccc1)P1(=O)N(c2ccccc2)CCN1c1ccccc1. The predicted molar refractivity (Wildman–Crippen MR) is 135 cm³/mol. The molecule has 3 aromatic carbocycles. The van der Waals surface area contributed by atoms with Crippen LogP contribution in [0.5, 0.6) is 0 Å². The van der Waals surface area contributed by atoms with Gasteiger partial charge in [-0.15, -0.1) is 0 Å². The van der Waals surface area contributed by atoms with Gasteiger partial charge in [0.05, 0.1) is 0 Å². The van der Waals surface area contributed by atoms with Gasteiger partial charge < -0.3 is 9.34 Å². The average Bonchev–Trinajstić information content (AvgIpc) is 3.20. The van der Waals surface area contributed by atoms with Crippen molar-refractivity contribution in [3.8, 4) is 0 Å². The third kappa shape index (κ3) is 4.01. The summed E-state index contributed by atoms with van der Waals surface area (Å²) in [7, 11) is -3.21. The Morgan fingerprint density at radius 2 is 1.24 bits per heavy atom. The standard InChI is InChI=1S/C27H30N3O2P/c1-22-21-26(31)17-18-28(22)27(23-11-5-2-6-12-23)33(32)29(24-13-7-3-8-14-24)19-20-30(33)25-15-9-4-10-16-25/h2-16,22,27H,17-21H2,1H3. The fourth-order valence-corrected chi connectivity index (χ4v) is 9.01. The van der Waals surface area contributed by atoms with Crippen molar-refractivity contribution >= 4 is 24.6 Å². The Morgan fingerprint density at radius 3 is 1.73 bits per heavy atom. The summed E-state index contributed by atoms with van der Waals surface area (Å²) in [6, 6.07) is 30.4. The number of piperidine rings is 1. The molecule has 2 atom stereocenters. The van der Waals surface area contributed by atoms with Crippen LogP contribution in [0, 0.1) is 0 Å². The highest BCUT2D eigenvalue weighted by atomic mass is 31.2. The van der Waals surface area contributed by atoms with Gasteiger partial charge in [-0.05, 0) is 36.8 Å². The zero-order valence-electron chi connectivity index (χ0n) is 19.0. The molecule has 2 unspecified atom stereocenters. The van der Waals surface area contributed by atoms with Gasteiger partial charge in [0, 0.05) is 49.9 Å². The maximum atomic E-state index is 15.6. The second-order valence-corrected chi connectivity index (χ2v) is 11.5. The minimum absolute atomic E-state index is 0.0260. The number of hydrogen-bond acceptors (Lipinski definition) is 3. The molecule has 2 saturated heterocycles. The van der Waals surface area contributed by atoms with Gasteiger partial charge in [0.25, 0.3) is 7.44 Å². The van der Waals surface area contributed by atoms with Crippen LogP contribution in [-0.4, -0.2) is 36.4 Å². The lowest BCUT2D eigenvalue weighted by Crippen LogP contribution is -2.45. The molecule has 0 spiro atoms. The number of Topliss-reactive ketones (excluding diaryl/α,β-unsaturated/α-hetero) is 1. The number of para-hydroxylation sites is 2. The van der Waals surface area contributed by atoms with Gasteiger partial charge in [-0.3, -0.25) is 14.3 Å². The minimum Gasteiger partial charge on any atom is -0.304 e. The number of benzene rings is 3. The van der Waals surface area contributed by atoms with Crippen LogP contribution in [0.4, 0.5) is 11.4 Å². The monoisotopic (exact) mass is 459 g/mol. The van der Waals surface area contributed by atoms with E-state index in [9.17, 15) is 4.79 Å². The van der Waals surface area contributed by atoms with E-state index in [0.717, 1.165) is 16.9 Å². The van der Waals surface area contributed by atoms with E-state index in [0.29, 0.717) is 32.5 Å². The minimum atomic E-state index is -3.21. The number of likely N-dealkylation sites (tertiary alicyclic amines) is 1. The number of carbonyl (C=O) groups excluding carboxylic acids is 1. The third-order valence-electron chi connectivity index (χ3n) is 6.79.